The third-order valence-corrected chi connectivity index (χ3v) is 7.29. The van der Waals surface area contributed by atoms with Gasteiger partial charge in [-0.1, -0.05) is 36.4 Å². The van der Waals surface area contributed by atoms with Crippen LogP contribution in [0.4, 0.5) is 10.5 Å². The van der Waals surface area contributed by atoms with Crippen LogP contribution in [0.25, 0.3) is 10.8 Å². The first-order valence-electron chi connectivity index (χ1n) is 10.8. The van der Waals surface area contributed by atoms with E-state index in [4.69, 9.17) is 0 Å². The molecule has 152 valence electrons. The summed E-state index contributed by atoms with van der Waals surface area (Å²) < 4.78 is 0. The summed E-state index contributed by atoms with van der Waals surface area (Å²) in [5.41, 5.74) is 3.50. The van der Waals surface area contributed by atoms with Crippen molar-refractivity contribution in [3.63, 3.8) is 0 Å². The van der Waals surface area contributed by atoms with Gasteiger partial charge in [-0.2, -0.15) is 5.10 Å². The van der Waals surface area contributed by atoms with E-state index in [1.165, 1.54) is 5.56 Å². The van der Waals surface area contributed by atoms with Crippen LogP contribution in [0.5, 0.6) is 0 Å². The fraction of sp³-hybridized carbons (Fsp3) is 0.375. The van der Waals surface area contributed by atoms with Gasteiger partial charge < -0.3 is 5.32 Å². The van der Waals surface area contributed by atoms with Crippen LogP contribution in [0.2, 0.25) is 0 Å². The topological polar surface area (TPSA) is 78.1 Å². The largest absolute Gasteiger partial charge is 0.335 e. The number of carbonyl (C=O) groups is 1. The van der Waals surface area contributed by atoms with E-state index >= 15 is 0 Å². The lowest BCUT2D eigenvalue weighted by atomic mass is 9.49. The van der Waals surface area contributed by atoms with E-state index < -0.39 is 0 Å². The van der Waals surface area contributed by atoms with Crippen LogP contribution >= 0.6 is 0 Å². The summed E-state index contributed by atoms with van der Waals surface area (Å²) in [6, 6.07) is 16.2. The molecule has 6 nitrogen and oxygen atoms in total. The Morgan fingerprint density at radius 3 is 2.60 bits per heavy atom. The van der Waals surface area contributed by atoms with Gasteiger partial charge in [0, 0.05) is 29.6 Å². The molecule has 2 N–H and O–H groups in total. The highest BCUT2D eigenvalue weighted by atomic mass is 16.2. The zero-order valence-electron chi connectivity index (χ0n) is 16.7. The van der Waals surface area contributed by atoms with Gasteiger partial charge in [0.1, 0.15) is 0 Å². The van der Waals surface area contributed by atoms with E-state index in [2.05, 4.69) is 21.6 Å². The maximum atomic E-state index is 12.8. The van der Waals surface area contributed by atoms with Crippen molar-refractivity contribution in [2.45, 2.75) is 44.1 Å². The number of benzene rings is 2. The number of H-pyrrole nitrogens is 1. The van der Waals surface area contributed by atoms with E-state index in [1.54, 1.807) is 0 Å². The van der Waals surface area contributed by atoms with Gasteiger partial charge in [0.25, 0.3) is 5.56 Å². The molecule has 1 aliphatic heterocycles. The van der Waals surface area contributed by atoms with Crippen molar-refractivity contribution in [1.29, 1.82) is 0 Å². The number of urea groups is 1. The monoisotopic (exact) mass is 400 g/mol. The van der Waals surface area contributed by atoms with Gasteiger partial charge in [-0.15, -0.1) is 0 Å². The molecule has 6 heteroatoms. The Labute approximate surface area is 174 Å². The lowest BCUT2D eigenvalue weighted by Gasteiger charge is -2.57. The van der Waals surface area contributed by atoms with E-state index in [0.29, 0.717) is 16.7 Å². The van der Waals surface area contributed by atoms with Crippen LogP contribution in [0.15, 0.2) is 53.3 Å². The van der Waals surface area contributed by atoms with Gasteiger partial charge in [-0.3, -0.25) is 9.69 Å². The minimum atomic E-state index is -0.127. The summed E-state index contributed by atoms with van der Waals surface area (Å²) in [5, 5.41) is 12.0. The molecule has 2 heterocycles. The Morgan fingerprint density at radius 2 is 1.77 bits per heavy atom. The Morgan fingerprint density at radius 1 is 1.03 bits per heavy atom. The van der Waals surface area contributed by atoms with Crippen molar-refractivity contribution in [2.75, 3.05) is 11.4 Å². The SMILES string of the molecule is O=C(N[C@H]1CC2(C1)C[C@H](c1n[nH]c(=O)c3ccccc31)C2)N1CCc2ccccc21. The van der Waals surface area contributed by atoms with E-state index in [-0.39, 0.29) is 17.6 Å². The molecular weight excluding hydrogens is 376 g/mol. The Hall–Kier alpha value is -3.15. The van der Waals surface area contributed by atoms with Crippen LogP contribution in [-0.4, -0.2) is 28.8 Å². The molecule has 0 unspecified atom stereocenters. The molecule has 2 aliphatic carbocycles. The molecule has 1 spiro atoms. The van der Waals surface area contributed by atoms with Crippen LogP contribution < -0.4 is 15.8 Å². The predicted molar refractivity (Wildman–Crippen MR) is 116 cm³/mol. The number of rotatable bonds is 2. The highest BCUT2D eigenvalue weighted by molar-refractivity contribution is 5.94. The standard InChI is InChI=1S/C24H24N4O2/c29-22-19-7-3-2-6-18(19)21(26-27-22)16-11-24(12-16)13-17(14-24)25-23(30)28-10-9-15-5-1-4-8-20(15)28/h1-8,16-17H,9-14H2,(H,25,30)(H,27,29)/t16-,17-,24?. The zero-order chi connectivity index (χ0) is 20.3. The Balaban J connectivity index is 1.09. The van der Waals surface area contributed by atoms with E-state index in [0.717, 1.165) is 55.4 Å². The first-order chi connectivity index (χ1) is 14.6. The number of aromatic amines is 1. The Bertz CT molecular complexity index is 1200. The Kier molecular flexibility index (Phi) is 3.79. The zero-order valence-corrected chi connectivity index (χ0v) is 16.7. The second-order valence-corrected chi connectivity index (χ2v) is 9.17. The number of hydrogen-bond donors (Lipinski definition) is 2. The molecule has 0 radical (unpaired) electrons. The third-order valence-electron chi connectivity index (χ3n) is 7.29. The maximum absolute atomic E-state index is 12.8. The second kappa shape index (κ2) is 6.42. The van der Waals surface area contributed by atoms with Crippen molar-refractivity contribution in [1.82, 2.24) is 15.5 Å². The molecule has 6 rings (SSSR count). The van der Waals surface area contributed by atoms with Crippen LogP contribution in [0.1, 0.15) is 42.9 Å². The summed E-state index contributed by atoms with van der Waals surface area (Å²) >= 11 is 0. The molecule has 2 fully saturated rings. The van der Waals surface area contributed by atoms with Gasteiger partial charge in [-0.25, -0.2) is 9.89 Å². The number of hydrogen-bond acceptors (Lipinski definition) is 3. The molecule has 0 saturated heterocycles. The van der Waals surface area contributed by atoms with Gasteiger partial charge in [0.15, 0.2) is 0 Å². The highest BCUT2D eigenvalue weighted by Crippen LogP contribution is 2.62. The fourth-order valence-electron chi connectivity index (χ4n) is 5.85. The number of para-hydroxylation sites is 1. The molecule has 0 atom stereocenters. The van der Waals surface area contributed by atoms with Crippen molar-refractivity contribution in [2.24, 2.45) is 5.41 Å². The molecule has 1 aromatic heterocycles. The number of aromatic nitrogens is 2. The molecule has 2 aromatic carbocycles. The molecule has 2 amide bonds. The molecule has 3 aromatic rings. The lowest BCUT2D eigenvalue weighted by Crippen LogP contribution is -2.57. The first-order valence-corrected chi connectivity index (χ1v) is 10.8. The highest BCUT2D eigenvalue weighted by Gasteiger charge is 2.54. The normalized spacial score (nSPS) is 26.9. The smallest absolute Gasteiger partial charge is 0.322 e. The van der Waals surface area contributed by atoms with Gasteiger partial charge in [0.05, 0.1) is 11.1 Å². The molecule has 3 aliphatic rings. The van der Waals surface area contributed by atoms with Crippen molar-refractivity contribution in [3.05, 3.63) is 70.1 Å². The van der Waals surface area contributed by atoms with Crippen molar-refractivity contribution < 1.29 is 4.79 Å². The average molecular weight is 400 g/mol. The van der Waals surface area contributed by atoms with E-state index in [9.17, 15) is 9.59 Å². The molecular formula is C24H24N4O2. The average Bonchev–Trinajstić information content (AvgIpc) is 3.14. The van der Waals surface area contributed by atoms with Gasteiger partial charge in [-0.05, 0) is 55.2 Å². The number of nitrogens with one attached hydrogen (secondary N) is 2. The summed E-state index contributed by atoms with van der Waals surface area (Å²) in [5.74, 6) is 0.383. The molecule has 0 bridgehead atoms. The van der Waals surface area contributed by atoms with Crippen molar-refractivity contribution in [3.8, 4) is 0 Å². The second-order valence-electron chi connectivity index (χ2n) is 9.17. The maximum Gasteiger partial charge on any atom is 0.322 e. The minimum absolute atomic E-state index is 0.0315. The third kappa shape index (κ3) is 2.66. The van der Waals surface area contributed by atoms with Crippen LogP contribution in [0.3, 0.4) is 0 Å². The fourth-order valence-corrected chi connectivity index (χ4v) is 5.85. The first kappa shape index (κ1) is 17.7. The number of carbonyl (C=O) groups excluding carboxylic acids is 1. The van der Waals surface area contributed by atoms with Crippen LogP contribution in [0, 0.1) is 5.41 Å². The molecule has 2 saturated carbocycles. The number of nitrogens with zero attached hydrogens (tertiary/aromatic N) is 2. The summed E-state index contributed by atoms with van der Waals surface area (Å²) in [4.78, 5) is 26.7. The number of anilines is 1. The van der Waals surface area contributed by atoms with Crippen LogP contribution in [-0.2, 0) is 6.42 Å². The van der Waals surface area contributed by atoms with E-state index in [1.807, 2.05) is 47.4 Å². The summed E-state index contributed by atoms with van der Waals surface area (Å²) in [7, 11) is 0. The molecule has 30 heavy (non-hydrogen) atoms. The lowest BCUT2D eigenvalue weighted by molar-refractivity contribution is -0.0174. The van der Waals surface area contributed by atoms with Crippen molar-refractivity contribution >= 4 is 22.5 Å². The predicted octanol–water partition coefficient (Wildman–Crippen LogP) is 3.72. The van der Waals surface area contributed by atoms with Gasteiger partial charge in [0.2, 0.25) is 0 Å². The summed E-state index contributed by atoms with van der Waals surface area (Å²) in [6.45, 7) is 0.760. The number of fused-ring (bicyclic) bond motifs is 2. The number of amides is 2. The summed E-state index contributed by atoms with van der Waals surface area (Å²) in [6.07, 6.45) is 5.15. The quantitative estimate of drug-likeness (QED) is 0.688. The van der Waals surface area contributed by atoms with Gasteiger partial charge >= 0.3 is 6.03 Å². The minimum Gasteiger partial charge on any atom is -0.335 e.